The monoisotopic (exact) mass is 476 g/mol. The van der Waals surface area contributed by atoms with Gasteiger partial charge in [-0.05, 0) is 55.9 Å². The van der Waals surface area contributed by atoms with Gasteiger partial charge in [-0.15, -0.1) is 0 Å². The number of ether oxygens (including phenoxy) is 2. The molecule has 0 spiro atoms. The lowest BCUT2D eigenvalue weighted by Gasteiger charge is -2.60. The van der Waals surface area contributed by atoms with Crippen molar-refractivity contribution >= 4 is 12.0 Å². The molecule has 1 unspecified atom stereocenters. The van der Waals surface area contributed by atoms with Crippen LogP contribution in [-0.4, -0.2) is 54.7 Å². The summed E-state index contributed by atoms with van der Waals surface area (Å²) in [6, 6.07) is 7.55. The van der Waals surface area contributed by atoms with Gasteiger partial charge in [-0.25, -0.2) is 4.79 Å². The molecule has 2 aliphatic rings. The Morgan fingerprint density at radius 3 is 2.56 bits per heavy atom. The predicted octanol–water partition coefficient (Wildman–Crippen LogP) is 3.00. The van der Waals surface area contributed by atoms with Gasteiger partial charge < -0.3 is 30.3 Å². The molecule has 2 saturated carbocycles. The zero-order valence-corrected chi connectivity index (χ0v) is 20.8. The molecule has 6 atom stereocenters. The first-order chi connectivity index (χ1) is 16.2. The van der Waals surface area contributed by atoms with E-state index in [-0.39, 0.29) is 36.2 Å². The molecule has 2 amide bonds. The largest absolute Gasteiger partial charge is 0.496 e. The average molecular weight is 477 g/mol. The molecular formula is C26H40N2O6. The fraction of sp³-hybridized carbons (Fsp3) is 0.692. The Morgan fingerprint density at radius 1 is 1.15 bits per heavy atom. The number of aliphatic hydroxyl groups excluding tert-OH is 2. The van der Waals surface area contributed by atoms with E-state index in [0.29, 0.717) is 38.8 Å². The van der Waals surface area contributed by atoms with Gasteiger partial charge in [0.15, 0.2) is 0 Å². The van der Waals surface area contributed by atoms with Crippen LogP contribution in [0.5, 0.6) is 5.75 Å². The van der Waals surface area contributed by atoms with E-state index in [9.17, 15) is 19.8 Å². The summed E-state index contributed by atoms with van der Waals surface area (Å²) in [6.07, 6.45) is 1.26. The van der Waals surface area contributed by atoms with Crippen LogP contribution >= 0.6 is 0 Å². The zero-order chi connectivity index (χ0) is 24.9. The van der Waals surface area contributed by atoms with Gasteiger partial charge in [0, 0.05) is 30.5 Å². The number of alkyl carbamates (subject to hydrolysis) is 1. The fourth-order valence-corrected chi connectivity index (χ4v) is 6.41. The number of hydrogen-bond acceptors (Lipinski definition) is 6. The third-order valence-corrected chi connectivity index (χ3v) is 8.32. The Bertz CT molecular complexity index is 863. The number of benzene rings is 1. The summed E-state index contributed by atoms with van der Waals surface area (Å²) in [7, 11) is 1.60. The second kappa shape index (κ2) is 11.0. The maximum absolute atomic E-state index is 13.0. The third-order valence-electron chi connectivity index (χ3n) is 8.32. The van der Waals surface area contributed by atoms with E-state index in [1.54, 1.807) is 7.11 Å². The van der Waals surface area contributed by atoms with E-state index >= 15 is 0 Å². The fourth-order valence-electron chi connectivity index (χ4n) is 6.41. The lowest BCUT2D eigenvalue weighted by molar-refractivity contribution is -0.185. The van der Waals surface area contributed by atoms with Gasteiger partial charge in [0.2, 0.25) is 5.91 Å². The summed E-state index contributed by atoms with van der Waals surface area (Å²) in [5, 5.41) is 27.1. The highest BCUT2D eigenvalue weighted by Crippen LogP contribution is 2.61. The molecule has 2 aliphatic carbocycles. The van der Waals surface area contributed by atoms with Crippen LogP contribution in [0.3, 0.4) is 0 Å². The summed E-state index contributed by atoms with van der Waals surface area (Å²) in [4.78, 5) is 25.1. The van der Waals surface area contributed by atoms with Gasteiger partial charge in [0.1, 0.15) is 11.9 Å². The number of methoxy groups -OCH3 is 1. The Kier molecular flexibility index (Phi) is 8.47. The van der Waals surface area contributed by atoms with Gasteiger partial charge in [-0.2, -0.15) is 0 Å². The SMILES string of the molecule is CCNC(=O)O[C@@H]1CC[C@]2(C)C(CC[C@@H](O)[C@H]2CC(=O)NCc2ccccc2OC)[C@]1(C)CO. The smallest absolute Gasteiger partial charge is 0.407 e. The molecule has 190 valence electrons. The molecule has 1 aromatic rings. The highest BCUT2D eigenvalue weighted by molar-refractivity contribution is 5.76. The summed E-state index contributed by atoms with van der Waals surface area (Å²) in [6.45, 7) is 6.62. The van der Waals surface area contributed by atoms with Crippen molar-refractivity contribution < 1.29 is 29.3 Å². The van der Waals surface area contributed by atoms with Crippen LogP contribution in [0.4, 0.5) is 4.79 Å². The number of aliphatic hydroxyl groups is 2. The number of rotatable bonds is 8. The first kappa shape index (κ1) is 26.3. The topological polar surface area (TPSA) is 117 Å². The molecule has 0 aromatic heterocycles. The van der Waals surface area contributed by atoms with Gasteiger partial charge in [-0.1, -0.05) is 32.0 Å². The summed E-state index contributed by atoms with van der Waals surface area (Å²) in [5.74, 6) is 0.355. The van der Waals surface area contributed by atoms with Crippen LogP contribution in [-0.2, 0) is 16.1 Å². The van der Waals surface area contributed by atoms with E-state index in [2.05, 4.69) is 17.6 Å². The summed E-state index contributed by atoms with van der Waals surface area (Å²) < 4.78 is 11.1. The van der Waals surface area contributed by atoms with Crippen molar-refractivity contribution in [2.24, 2.45) is 22.7 Å². The third kappa shape index (κ3) is 5.18. The lowest BCUT2D eigenvalue weighted by Crippen LogP contribution is -2.61. The lowest BCUT2D eigenvalue weighted by atomic mass is 9.46. The Balaban J connectivity index is 1.74. The maximum Gasteiger partial charge on any atom is 0.407 e. The van der Waals surface area contributed by atoms with Crippen molar-refractivity contribution in [3.05, 3.63) is 29.8 Å². The average Bonchev–Trinajstić information content (AvgIpc) is 2.82. The Labute approximate surface area is 202 Å². The highest BCUT2D eigenvalue weighted by Gasteiger charge is 2.60. The van der Waals surface area contributed by atoms with Gasteiger partial charge in [-0.3, -0.25) is 4.79 Å². The zero-order valence-electron chi connectivity index (χ0n) is 20.8. The summed E-state index contributed by atoms with van der Waals surface area (Å²) in [5.41, 5.74) is -0.120. The second-order valence-corrected chi connectivity index (χ2v) is 10.2. The van der Waals surface area contributed by atoms with Crippen LogP contribution in [0.25, 0.3) is 0 Å². The van der Waals surface area contributed by atoms with E-state index < -0.39 is 23.7 Å². The van der Waals surface area contributed by atoms with Crippen LogP contribution < -0.4 is 15.4 Å². The van der Waals surface area contributed by atoms with Gasteiger partial charge in [0.25, 0.3) is 0 Å². The van der Waals surface area contributed by atoms with Crippen LogP contribution in [0.2, 0.25) is 0 Å². The van der Waals surface area contributed by atoms with Crippen molar-refractivity contribution in [3.8, 4) is 5.75 Å². The number of para-hydroxylation sites is 1. The molecule has 0 bridgehead atoms. The second-order valence-electron chi connectivity index (χ2n) is 10.2. The van der Waals surface area contributed by atoms with Crippen molar-refractivity contribution in [2.75, 3.05) is 20.3 Å². The first-order valence-corrected chi connectivity index (χ1v) is 12.3. The molecule has 0 aliphatic heterocycles. The molecule has 0 saturated heterocycles. The molecule has 0 radical (unpaired) electrons. The van der Waals surface area contributed by atoms with E-state index in [1.807, 2.05) is 38.1 Å². The number of amides is 2. The maximum atomic E-state index is 13.0. The van der Waals surface area contributed by atoms with E-state index in [4.69, 9.17) is 9.47 Å². The highest BCUT2D eigenvalue weighted by atomic mass is 16.6. The van der Waals surface area contributed by atoms with E-state index in [0.717, 1.165) is 11.3 Å². The minimum Gasteiger partial charge on any atom is -0.496 e. The molecule has 2 fully saturated rings. The normalized spacial score (nSPS) is 32.9. The number of fused-ring (bicyclic) bond motifs is 1. The van der Waals surface area contributed by atoms with Crippen LogP contribution in [0, 0.1) is 22.7 Å². The minimum atomic E-state index is -0.648. The predicted molar refractivity (Wildman–Crippen MR) is 128 cm³/mol. The molecule has 0 heterocycles. The van der Waals surface area contributed by atoms with Gasteiger partial charge >= 0.3 is 6.09 Å². The van der Waals surface area contributed by atoms with Crippen LogP contribution in [0.15, 0.2) is 24.3 Å². The molecule has 8 heteroatoms. The number of nitrogens with one attached hydrogen (secondary N) is 2. The standard InChI is InChI=1S/C26H40N2O6/c1-5-27-24(32)34-22-12-13-25(2)18(19(30)10-11-21(25)26(22,3)16-29)14-23(31)28-15-17-8-6-7-9-20(17)33-4/h6-9,18-19,21-22,29-30H,5,10-16H2,1-4H3,(H,27,32)(H,28,31)/t18-,19-,21?,22-,25+,26+/m1/s1. The van der Waals surface area contributed by atoms with Crippen molar-refractivity contribution in [2.45, 2.75) is 71.6 Å². The van der Waals surface area contributed by atoms with Crippen molar-refractivity contribution in [1.82, 2.24) is 10.6 Å². The minimum absolute atomic E-state index is 0.00796. The molecule has 3 rings (SSSR count). The molecule has 4 N–H and O–H groups in total. The van der Waals surface area contributed by atoms with Crippen LogP contribution in [0.1, 0.15) is 58.4 Å². The first-order valence-electron chi connectivity index (χ1n) is 12.3. The van der Waals surface area contributed by atoms with Crippen molar-refractivity contribution in [1.29, 1.82) is 0 Å². The van der Waals surface area contributed by atoms with Gasteiger partial charge in [0.05, 0.1) is 19.8 Å². The molecular weight excluding hydrogens is 436 g/mol. The Morgan fingerprint density at radius 2 is 1.88 bits per heavy atom. The molecule has 34 heavy (non-hydrogen) atoms. The molecule has 1 aromatic carbocycles. The van der Waals surface area contributed by atoms with E-state index in [1.165, 1.54) is 0 Å². The summed E-state index contributed by atoms with van der Waals surface area (Å²) >= 11 is 0. The number of carbonyl (C=O) groups excluding carboxylic acids is 2. The quantitative estimate of drug-likeness (QED) is 0.458. The number of carbonyl (C=O) groups is 2. The van der Waals surface area contributed by atoms with Crippen molar-refractivity contribution in [3.63, 3.8) is 0 Å². The Hall–Kier alpha value is -2.32. The molecule has 8 nitrogen and oxygen atoms in total. The number of hydrogen-bond donors (Lipinski definition) is 4.